The van der Waals surface area contributed by atoms with Crippen LogP contribution in [0.25, 0.3) is 0 Å². The topological polar surface area (TPSA) is 52.3 Å². The first-order valence-corrected chi connectivity index (χ1v) is 4.59. The van der Waals surface area contributed by atoms with E-state index < -0.39 is 12.0 Å². The predicted octanol–water partition coefficient (Wildman–Crippen LogP) is 2.17. The number of carbonyl (C=O) groups is 1. The molecule has 0 amide bonds. The fraction of sp³-hybridized carbons (Fsp3) is 0.222. The van der Waals surface area contributed by atoms with Gasteiger partial charge in [0.25, 0.3) is 0 Å². The number of methoxy groups -OCH3 is 1. The molecule has 0 radical (unpaired) electrons. The van der Waals surface area contributed by atoms with E-state index in [-0.39, 0.29) is 0 Å². The molecule has 0 fully saturated rings. The van der Waals surface area contributed by atoms with Crippen LogP contribution in [0.3, 0.4) is 0 Å². The van der Waals surface area contributed by atoms with Crippen molar-refractivity contribution in [1.29, 1.82) is 0 Å². The predicted molar refractivity (Wildman–Crippen MR) is 55.4 cm³/mol. The van der Waals surface area contributed by atoms with Gasteiger partial charge in [-0.15, -0.1) is 0 Å². The number of benzene rings is 1. The molecule has 1 rings (SSSR count). The van der Waals surface area contributed by atoms with E-state index in [1.54, 1.807) is 18.2 Å². The number of nitrogens with two attached hydrogens (primary N) is 1. The first-order chi connectivity index (χ1) is 6.54. The van der Waals surface area contributed by atoms with Gasteiger partial charge in [-0.05, 0) is 23.8 Å². The lowest BCUT2D eigenvalue weighted by Crippen LogP contribution is -2.22. The highest BCUT2D eigenvalue weighted by Gasteiger charge is 2.16. The van der Waals surface area contributed by atoms with Crippen LogP contribution < -0.4 is 5.73 Å². The minimum absolute atomic E-state index is 0.437. The summed E-state index contributed by atoms with van der Waals surface area (Å²) in [6, 6.07) is 3.87. The van der Waals surface area contributed by atoms with Crippen molar-refractivity contribution in [3.8, 4) is 0 Å². The summed E-state index contributed by atoms with van der Waals surface area (Å²) in [6.07, 6.45) is 0. The number of esters is 1. The average molecular weight is 234 g/mol. The van der Waals surface area contributed by atoms with Gasteiger partial charge in [0.15, 0.2) is 0 Å². The lowest BCUT2D eigenvalue weighted by molar-refractivity contribution is -0.142. The molecule has 1 atom stereocenters. The number of carbonyl (C=O) groups excluding carboxylic acids is 1. The highest BCUT2D eigenvalue weighted by molar-refractivity contribution is 6.34. The summed E-state index contributed by atoms with van der Waals surface area (Å²) in [7, 11) is 1.27. The van der Waals surface area contributed by atoms with Crippen LogP contribution in [-0.2, 0) is 9.53 Å². The van der Waals surface area contributed by atoms with E-state index in [2.05, 4.69) is 4.74 Å². The third-order valence-corrected chi connectivity index (χ3v) is 2.14. The zero-order chi connectivity index (χ0) is 10.7. The third kappa shape index (κ3) is 2.61. The summed E-state index contributed by atoms with van der Waals surface area (Å²) in [4.78, 5) is 11.1. The lowest BCUT2D eigenvalue weighted by atomic mass is 10.1. The Morgan fingerprint density at radius 1 is 1.36 bits per heavy atom. The molecule has 5 heteroatoms. The summed E-state index contributed by atoms with van der Waals surface area (Å²) < 4.78 is 4.50. The van der Waals surface area contributed by atoms with Gasteiger partial charge in [-0.25, -0.2) is 0 Å². The SMILES string of the molecule is COC(=O)[C@H](N)c1cc(Cl)cc(Cl)c1. The van der Waals surface area contributed by atoms with Gasteiger partial charge in [0.2, 0.25) is 0 Å². The van der Waals surface area contributed by atoms with Gasteiger partial charge < -0.3 is 10.5 Å². The molecule has 0 aliphatic rings. The van der Waals surface area contributed by atoms with Gasteiger partial charge in [-0.2, -0.15) is 0 Å². The standard InChI is InChI=1S/C9H9Cl2NO2/c1-14-9(13)8(12)5-2-6(10)4-7(11)3-5/h2-4,8H,12H2,1H3/t8-/m1/s1. The molecule has 0 aliphatic carbocycles. The quantitative estimate of drug-likeness (QED) is 0.797. The molecule has 0 bridgehead atoms. The molecule has 1 aromatic carbocycles. The minimum atomic E-state index is -0.851. The summed E-state index contributed by atoms with van der Waals surface area (Å²) in [5.41, 5.74) is 6.13. The second-order valence-electron chi connectivity index (χ2n) is 2.70. The summed E-state index contributed by atoms with van der Waals surface area (Å²) >= 11 is 11.5. The van der Waals surface area contributed by atoms with Gasteiger partial charge in [0.1, 0.15) is 6.04 Å². The smallest absolute Gasteiger partial charge is 0.327 e. The summed E-state index contributed by atoms with van der Waals surface area (Å²) in [5, 5.41) is 0.874. The average Bonchev–Trinajstić information content (AvgIpc) is 2.14. The third-order valence-electron chi connectivity index (χ3n) is 1.70. The molecular weight excluding hydrogens is 225 g/mol. The van der Waals surface area contributed by atoms with Gasteiger partial charge in [0, 0.05) is 10.0 Å². The fourth-order valence-electron chi connectivity index (χ4n) is 1.02. The molecular formula is C9H9Cl2NO2. The molecule has 0 spiro atoms. The normalized spacial score (nSPS) is 12.3. The Hall–Kier alpha value is -0.770. The van der Waals surface area contributed by atoms with Crippen LogP contribution in [0.15, 0.2) is 18.2 Å². The molecule has 0 saturated heterocycles. The van der Waals surface area contributed by atoms with Gasteiger partial charge in [0.05, 0.1) is 7.11 Å². The molecule has 76 valence electrons. The Labute approximate surface area is 91.7 Å². The Balaban J connectivity index is 3.00. The van der Waals surface area contributed by atoms with Crippen molar-refractivity contribution in [2.45, 2.75) is 6.04 Å². The van der Waals surface area contributed by atoms with Crippen LogP contribution in [0.2, 0.25) is 10.0 Å². The van der Waals surface area contributed by atoms with Crippen molar-refractivity contribution in [2.75, 3.05) is 7.11 Å². The maximum atomic E-state index is 11.1. The van der Waals surface area contributed by atoms with Crippen molar-refractivity contribution in [3.63, 3.8) is 0 Å². The molecule has 1 aromatic rings. The second-order valence-corrected chi connectivity index (χ2v) is 3.58. The number of hydrogen-bond acceptors (Lipinski definition) is 3. The highest BCUT2D eigenvalue weighted by Crippen LogP contribution is 2.22. The van der Waals surface area contributed by atoms with Crippen LogP contribution in [0, 0.1) is 0 Å². The number of halogens is 2. The van der Waals surface area contributed by atoms with E-state index in [1.165, 1.54) is 7.11 Å². The summed E-state index contributed by atoms with van der Waals surface area (Å²) in [6.45, 7) is 0. The van der Waals surface area contributed by atoms with Crippen LogP contribution >= 0.6 is 23.2 Å². The molecule has 0 aromatic heterocycles. The zero-order valence-corrected chi connectivity index (χ0v) is 8.97. The first kappa shape index (κ1) is 11.3. The summed E-state index contributed by atoms with van der Waals surface area (Å²) in [5.74, 6) is -0.525. The maximum Gasteiger partial charge on any atom is 0.327 e. The van der Waals surface area contributed by atoms with Crippen LogP contribution in [-0.4, -0.2) is 13.1 Å². The Bertz CT molecular complexity index is 334. The zero-order valence-electron chi connectivity index (χ0n) is 7.46. The van der Waals surface area contributed by atoms with E-state index >= 15 is 0 Å². The molecule has 2 N–H and O–H groups in total. The van der Waals surface area contributed by atoms with E-state index in [4.69, 9.17) is 28.9 Å². The molecule has 0 aliphatic heterocycles. The van der Waals surface area contributed by atoms with E-state index in [9.17, 15) is 4.79 Å². The number of rotatable bonds is 2. The maximum absolute atomic E-state index is 11.1. The van der Waals surface area contributed by atoms with Crippen molar-refractivity contribution >= 4 is 29.2 Å². The molecule has 0 saturated carbocycles. The van der Waals surface area contributed by atoms with Gasteiger partial charge >= 0.3 is 5.97 Å². The molecule has 0 heterocycles. The van der Waals surface area contributed by atoms with Crippen molar-refractivity contribution in [3.05, 3.63) is 33.8 Å². The Kier molecular flexibility index (Phi) is 3.75. The van der Waals surface area contributed by atoms with Crippen molar-refractivity contribution in [2.24, 2.45) is 5.73 Å². The monoisotopic (exact) mass is 233 g/mol. The van der Waals surface area contributed by atoms with Crippen LogP contribution in [0.4, 0.5) is 0 Å². The second kappa shape index (κ2) is 4.64. The van der Waals surface area contributed by atoms with E-state index in [1.807, 2.05) is 0 Å². The van der Waals surface area contributed by atoms with E-state index in [0.29, 0.717) is 15.6 Å². The number of hydrogen-bond donors (Lipinski definition) is 1. The fourth-order valence-corrected chi connectivity index (χ4v) is 1.56. The first-order valence-electron chi connectivity index (χ1n) is 3.84. The molecule has 14 heavy (non-hydrogen) atoms. The van der Waals surface area contributed by atoms with Crippen molar-refractivity contribution in [1.82, 2.24) is 0 Å². The number of ether oxygens (including phenoxy) is 1. The van der Waals surface area contributed by atoms with E-state index in [0.717, 1.165) is 0 Å². The molecule has 0 unspecified atom stereocenters. The van der Waals surface area contributed by atoms with Crippen LogP contribution in [0.1, 0.15) is 11.6 Å². The van der Waals surface area contributed by atoms with Crippen molar-refractivity contribution < 1.29 is 9.53 Å². The Morgan fingerprint density at radius 2 is 1.86 bits per heavy atom. The highest BCUT2D eigenvalue weighted by atomic mass is 35.5. The largest absolute Gasteiger partial charge is 0.468 e. The van der Waals surface area contributed by atoms with Gasteiger partial charge in [-0.1, -0.05) is 23.2 Å². The lowest BCUT2D eigenvalue weighted by Gasteiger charge is -2.09. The minimum Gasteiger partial charge on any atom is -0.468 e. The molecule has 3 nitrogen and oxygen atoms in total. The van der Waals surface area contributed by atoms with Crippen LogP contribution in [0.5, 0.6) is 0 Å². The Morgan fingerprint density at radius 3 is 2.29 bits per heavy atom. The van der Waals surface area contributed by atoms with Gasteiger partial charge in [-0.3, -0.25) is 4.79 Å².